The number of anilines is 1. The fraction of sp³-hybridized carbons (Fsp3) is 0.632. The normalized spacial score (nSPS) is 26.2. The van der Waals surface area contributed by atoms with Gasteiger partial charge in [0.1, 0.15) is 0 Å². The zero-order valence-electron chi connectivity index (χ0n) is 13.0. The first-order valence-corrected chi connectivity index (χ1v) is 8.80. The first-order valence-electron chi connectivity index (χ1n) is 8.42. The van der Waals surface area contributed by atoms with Crippen LogP contribution in [0.15, 0.2) is 18.2 Å². The van der Waals surface area contributed by atoms with Crippen LogP contribution in [0.2, 0.25) is 5.02 Å². The number of hydrogen-bond donors (Lipinski definition) is 2. The molecule has 2 fully saturated rings. The van der Waals surface area contributed by atoms with Gasteiger partial charge >= 0.3 is 0 Å². The Labute approximate surface area is 145 Å². The van der Waals surface area contributed by atoms with Crippen LogP contribution < -0.4 is 11.1 Å². The molecule has 0 heterocycles. The Morgan fingerprint density at radius 3 is 2.65 bits per heavy atom. The molecule has 0 spiro atoms. The average molecular weight is 337 g/mol. The Kier molecular flexibility index (Phi) is 5.96. The maximum absolute atomic E-state index is 12.3. The molecule has 2 saturated carbocycles. The molecule has 1 aromatic carbocycles. The molecule has 3 N–H and O–H groups in total. The van der Waals surface area contributed by atoms with Crippen molar-refractivity contribution >= 4 is 23.2 Å². The lowest BCUT2D eigenvalue weighted by atomic mass is 9.61. The van der Waals surface area contributed by atoms with E-state index in [4.69, 9.17) is 17.3 Å². The van der Waals surface area contributed by atoms with Crippen LogP contribution in [0.5, 0.6) is 0 Å². The van der Waals surface area contributed by atoms with Crippen molar-refractivity contribution in [1.29, 1.82) is 0 Å². The first kappa shape index (κ1) is 18.1. The van der Waals surface area contributed by atoms with Crippen molar-refractivity contribution in [3.8, 4) is 0 Å². The van der Waals surface area contributed by atoms with Crippen LogP contribution in [0, 0.1) is 11.3 Å². The fourth-order valence-electron chi connectivity index (χ4n) is 4.48. The molecular formula is C19H29ClN2O. The molecule has 0 saturated heterocycles. The summed E-state index contributed by atoms with van der Waals surface area (Å²) < 4.78 is 0. The second-order valence-corrected chi connectivity index (χ2v) is 7.47. The predicted molar refractivity (Wildman–Crippen MR) is 97.8 cm³/mol. The van der Waals surface area contributed by atoms with Gasteiger partial charge in [-0.2, -0.15) is 0 Å². The Balaban J connectivity index is 0.00000192. The van der Waals surface area contributed by atoms with Gasteiger partial charge < -0.3 is 11.1 Å². The van der Waals surface area contributed by atoms with E-state index in [-0.39, 0.29) is 13.3 Å². The van der Waals surface area contributed by atoms with Crippen LogP contribution in [-0.4, -0.2) is 12.5 Å². The number of hydrogen-bond acceptors (Lipinski definition) is 2. The van der Waals surface area contributed by atoms with Crippen LogP contribution in [-0.2, 0) is 0 Å². The van der Waals surface area contributed by atoms with Crippen molar-refractivity contribution in [2.45, 2.75) is 58.8 Å². The number of carbonyl (C=O) groups excluding carboxylic acids is 1. The fourth-order valence-corrected chi connectivity index (χ4v) is 4.75. The largest absolute Gasteiger partial charge is 0.398 e. The van der Waals surface area contributed by atoms with E-state index < -0.39 is 0 Å². The number of nitrogen functional groups attached to an aromatic ring is 1. The first-order chi connectivity index (χ1) is 10.6. The third-order valence-corrected chi connectivity index (χ3v) is 5.89. The lowest BCUT2D eigenvalue weighted by Crippen LogP contribution is -2.36. The zero-order valence-corrected chi connectivity index (χ0v) is 13.8. The zero-order chi connectivity index (χ0) is 15.6. The summed E-state index contributed by atoms with van der Waals surface area (Å²) in [7, 11) is 0. The van der Waals surface area contributed by atoms with Gasteiger partial charge in [-0.25, -0.2) is 0 Å². The summed E-state index contributed by atoms with van der Waals surface area (Å²) in [5, 5.41) is 3.44. The Morgan fingerprint density at radius 2 is 2.00 bits per heavy atom. The van der Waals surface area contributed by atoms with Crippen LogP contribution in [0.4, 0.5) is 5.69 Å². The van der Waals surface area contributed by atoms with E-state index in [1.54, 1.807) is 18.2 Å². The van der Waals surface area contributed by atoms with Gasteiger partial charge in [-0.3, -0.25) is 4.79 Å². The summed E-state index contributed by atoms with van der Waals surface area (Å²) in [6.07, 6.45) is 10.6. The lowest BCUT2D eigenvalue weighted by Gasteiger charge is -2.45. The third kappa shape index (κ3) is 4.00. The van der Waals surface area contributed by atoms with Crippen LogP contribution in [0.25, 0.3) is 0 Å². The SMILES string of the molecule is C.Nc1cccc(Cl)c1C(=O)NCCC12CCCC(CCC1)C2. The molecular weight excluding hydrogens is 308 g/mol. The quantitative estimate of drug-likeness (QED) is 0.757. The molecule has 1 amide bonds. The summed E-state index contributed by atoms with van der Waals surface area (Å²) in [4.78, 5) is 12.3. The summed E-state index contributed by atoms with van der Waals surface area (Å²) >= 11 is 6.09. The Bertz CT molecular complexity index is 528. The van der Waals surface area contributed by atoms with Crippen LogP contribution in [0.3, 0.4) is 0 Å². The smallest absolute Gasteiger partial charge is 0.254 e. The predicted octanol–water partition coefficient (Wildman–Crippen LogP) is 5.04. The summed E-state index contributed by atoms with van der Waals surface area (Å²) in [6.45, 7) is 0.718. The van der Waals surface area contributed by atoms with Gasteiger partial charge in [-0.05, 0) is 49.1 Å². The molecule has 3 nitrogen and oxygen atoms in total. The van der Waals surface area contributed by atoms with Gasteiger partial charge in [-0.1, -0.05) is 50.8 Å². The van der Waals surface area contributed by atoms with E-state index in [9.17, 15) is 4.79 Å². The van der Waals surface area contributed by atoms with Crippen molar-refractivity contribution in [2.24, 2.45) is 11.3 Å². The number of amides is 1. The van der Waals surface area contributed by atoms with Crippen molar-refractivity contribution in [3.63, 3.8) is 0 Å². The van der Waals surface area contributed by atoms with E-state index in [0.29, 0.717) is 21.7 Å². The molecule has 0 atom stereocenters. The highest BCUT2D eigenvalue weighted by Crippen LogP contribution is 2.50. The van der Waals surface area contributed by atoms with Gasteiger partial charge in [0.05, 0.1) is 10.6 Å². The van der Waals surface area contributed by atoms with E-state index in [2.05, 4.69) is 5.32 Å². The second-order valence-electron chi connectivity index (χ2n) is 7.06. The molecule has 2 bridgehead atoms. The third-order valence-electron chi connectivity index (χ3n) is 5.57. The molecule has 2 aliphatic rings. The maximum atomic E-state index is 12.3. The molecule has 23 heavy (non-hydrogen) atoms. The molecule has 4 heteroatoms. The van der Waals surface area contributed by atoms with Crippen molar-refractivity contribution in [2.75, 3.05) is 12.3 Å². The highest BCUT2D eigenvalue weighted by atomic mass is 35.5. The number of rotatable bonds is 4. The number of carbonyl (C=O) groups is 1. The van der Waals surface area contributed by atoms with Crippen LogP contribution in [0.1, 0.15) is 69.2 Å². The lowest BCUT2D eigenvalue weighted by molar-refractivity contribution is 0.0667. The highest BCUT2D eigenvalue weighted by Gasteiger charge is 2.38. The Hall–Kier alpha value is -1.22. The summed E-state index contributed by atoms with van der Waals surface area (Å²) in [5.41, 5.74) is 7.20. The highest BCUT2D eigenvalue weighted by molar-refractivity contribution is 6.34. The van der Waals surface area contributed by atoms with E-state index >= 15 is 0 Å². The molecule has 0 aromatic heterocycles. The van der Waals surface area contributed by atoms with Crippen molar-refractivity contribution in [3.05, 3.63) is 28.8 Å². The van der Waals surface area contributed by atoms with Gasteiger partial charge in [0.2, 0.25) is 0 Å². The minimum Gasteiger partial charge on any atom is -0.398 e. The second kappa shape index (κ2) is 7.57. The number of nitrogens with one attached hydrogen (secondary N) is 1. The molecule has 1 aromatic rings. The standard InChI is InChI=1S/C18H25ClN2O.CH4/c19-14-6-1-7-15(20)16(14)17(22)21-11-10-18-8-2-4-13(12-18)5-3-9-18;/h1,6-7,13H,2-5,8-12,20H2,(H,21,22);1H4. The van der Waals surface area contributed by atoms with Crippen molar-refractivity contribution < 1.29 is 4.79 Å². The van der Waals surface area contributed by atoms with Crippen molar-refractivity contribution in [1.82, 2.24) is 5.32 Å². The Morgan fingerprint density at radius 1 is 1.30 bits per heavy atom. The van der Waals surface area contributed by atoms with Gasteiger partial charge in [0, 0.05) is 12.2 Å². The molecule has 0 aliphatic heterocycles. The maximum Gasteiger partial charge on any atom is 0.254 e. The molecule has 0 unspecified atom stereocenters. The minimum atomic E-state index is -0.150. The number of halogens is 1. The topological polar surface area (TPSA) is 55.1 Å². The molecule has 0 radical (unpaired) electrons. The molecule has 3 rings (SSSR count). The van der Waals surface area contributed by atoms with E-state index in [1.807, 2.05) is 0 Å². The number of fused-ring (bicyclic) bond motifs is 2. The van der Waals surface area contributed by atoms with E-state index in [0.717, 1.165) is 18.9 Å². The minimum absolute atomic E-state index is 0. The monoisotopic (exact) mass is 336 g/mol. The molecule has 2 aliphatic carbocycles. The van der Waals surface area contributed by atoms with E-state index in [1.165, 1.54) is 44.9 Å². The number of benzene rings is 1. The van der Waals surface area contributed by atoms with Gasteiger partial charge in [-0.15, -0.1) is 0 Å². The summed E-state index contributed by atoms with van der Waals surface area (Å²) in [5.74, 6) is 0.778. The van der Waals surface area contributed by atoms with Gasteiger partial charge in [0.25, 0.3) is 5.91 Å². The van der Waals surface area contributed by atoms with Crippen LogP contribution >= 0.6 is 11.6 Å². The summed E-state index contributed by atoms with van der Waals surface area (Å²) in [6, 6.07) is 5.18. The molecule has 128 valence electrons. The average Bonchev–Trinajstić information content (AvgIpc) is 2.47. The van der Waals surface area contributed by atoms with Gasteiger partial charge in [0.15, 0.2) is 0 Å². The number of nitrogens with two attached hydrogens (primary N) is 1.